The number of benzene rings is 1. The molecule has 24 heavy (non-hydrogen) atoms. The average Bonchev–Trinajstić information content (AvgIpc) is 3.29. The van der Waals surface area contributed by atoms with Crippen molar-refractivity contribution in [3.63, 3.8) is 0 Å². The molecule has 0 spiro atoms. The highest BCUT2D eigenvalue weighted by molar-refractivity contribution is 9.10. The number of fused-ring (bicyclic) bond motifs is 1. The zero-order valence-corrected chi connectivity index (χ0v) is 15.7. The number of carbonyl (C=O) groups is 1. The van der Waals surface area contributed by atoms with E-state index in [2.05, 4.69) is 31.4 Å². The van der Waals surface area contributed by atoms with Gasteiger partial charge in [0, 0.05) is 28.9 Å². The Morgan fingerprint density at radius 2 is 2.08 bits per heavy atom. The number of amides is 1. The number of aromatic nitrogens is 3. The maximum atomic E-state index is 12.7. The van der Waals surface area contributed by atoms with Gasteiger partial charge in [-0.2, -0.15) is 11.3 Å². The SMILES string of the molecule is Cn1c(C(=O)Nc2nnc(-c3ccsc3)s2)c(Br)c2ccccc21. The second kappa shape index (κ2) is 6.12. The second-order valence-corrected chi connectivity index (χ2v) is 7.67. The number of nitrogens with one attached hydrogen (secondary N) is 1. The second-order valence-electron chi connectivity index (χ2n) is 5.12. The Hall–Kier alpha value is -2.03. The van der Waals surface area contributed by atoms with Crippen LogP contribution in [-0.4, -0.2) is 20.7 Å². The number of aryl methyl sites for hydroxylation is 1. The van der Waals surface area contributed by atoms with Crippen molar-refractivity contribution in [2.75, 3.05) is 5.32 Å². The fraction of sp³-hybridized carbons (Fsp3) is 0.0625. The molecule has 1 amide bonds. The van der Waals surface area contributed by atoms with E-state index in [4.69, 9.17) is 0 Å². The zero-order chi connectivity index (χ0) is 16.7. The van der Waals surface area contributed by atoms with Crippen LogP contribution in [0.15, 0.2) is 45.6 Å². The lowest BCUT2D eigenvalue weighted by molar-refractivity contribution is 0.101. The van der Waals surface area contributed by atoms with E-state index < -0.39 is 0 Å². The molecular weight excluding hydrogens is 408 g/mol. The Morgan fingerprint density at radius 1 is 1.25 bits per heavy atom. The normalized spacial score (nSPS) is 11.1. The van der Waals surface area contributed by atoms with Gasteiger partial charge in [0.25, 0.3) is 5.91 Å². The third-order valence-electron chi connectivity index (χ3n) is 3.67. The quantitative estimate of drug-likeness (QED) is 0.520. The van der Waals surface area contributed by atoms with Crippen LogP contribution in [0.2, 0.25) is 0 Å². The van der Waals surface area contributed by atoms with E-state index in [1.165, 1.54) is 11.3 Å². The summed E-state index contributed by atoms with van der Waals surface area (Å²) < 4.78 is 2.65. The first-order valence-electron chi connectivity index (χ1n) is 7.05. The first-order chi connectivity index (χ1) is 11.6. The summed E-state index contributed by atoms with van der Waals surface area (Å²) in [5.74, 6) is -0.214. The zero-order valence-electron chi connectivity index (χ0n) is 12.5. The fourth-order valence-electron chi connectivity index (χ4n) is 2.53. The minimum absolute atomic E-state index is 0.214. The highest BCUT2D eigenvalue weighted by Crippen LogP contribution is 2.32. The largest absolute Gasteiger partial charge is 0.339 e. The lowest BCUT2D eigenvalue weighted by Gasteiger charge is -2.04. The minimum Gasteiger partial charge on any atom is -0.339 e. The summed E-state index contributed by atoms with van der Waals surface area (Å²) in [5, 5.41) is 17.3. The van der Waals surface area contributed by atoms with E-state index in [1.54, 1.807) is 11.3 Å². The fourth-order valence-corrected chi connectivity index (χ4v) is 4.76. The lowest BCUT2D eigenvalue weighted by atomic mass is 10.2. The molecule has 3 aromatic heterocycles. The van der Waals surface area contributed by atoms with Gasteiger partial charge in [-0.15, -0.1) is 10.2 Å². The molecule has 1 aromatic carbocycles. The van der Waals surface area contributed by atoms with Crippen molar-refractivity contribution in [3.05, 3.63) is 51.3 Å². The van der Waals surface area contributed by atoms with Gasteiger partial charge in [-0.3, -0.25) is 10.1 Å². The summed E-state index contributed by atoms with van der Waals surface area (Å²) in [4.78, 5) is 12.7. The van der Waals surface area contributed by atoms with Gasteiger partial charge >= 0.3 is 0 Å². The van der Waals surface area contributed by atoms with Gasteiger partial charge in [-0.1, -0.05) is 29.5 Å². The topological polar surface area (TPSA) is 59.8 Å². The van der Waals surface area contributed by atoms with Crippen LogP contribution in [-0.2, 0) is 7.05 Å². The Bertz CT molecular complexity index is 997. The van der Waals surface area contributed by atoms with Gasteiger partial charge in [0.15, 0.2) is 0 Å². The lowest BCUT2D eigenvalue weighted by Crippen LogP contribution is -2.16. The van der Waals surface area contributed by atoms with Crippen molar-refractivity contribution in [3.8, 4) is 10.6 Å². The van der Waals surface area contributed by atoms with Gasteiger partial charge in [-0.25, -0.2) is 0 Å². The van der Waals surface area contributed by atoms with Crippen LogP contribution in [0.3, 0.4) is 0 Å². The summed E-state index contributed by atoms with van der Waals surface area (Å²) in [7, 11) is 1.87. The van der Waals surface area contributed by atoms with Crippen molar-refractivity contribution < 1.29 is 4.79 Å². The molecular formula is C16H11BrN4OS2. The van der Waals surface area contributed by atoms with Gasteiger partial charge in [0.1, 0.15) is 10.7 Å². The standard InChI is InChI=1S/C16H11BrN4OS2/c1-21-11-5-3-2-4-10(11)12(17)13(21)14(22)18-16-20-19-15(24-16)9-6-7-23-8-9/h2-8H,1H3,(H,18,20,22). The van der Waals surface area contributed by atoms with Crippen LogP contribution in [0.1, 0.15) is 10.5 Å². The summed E-state index contributed by atoms with van der Waals surface area (Å²) in [5.41, 5.74) is 2.57. The Kier molecular flexibility index (Phi) is 3.95. The first kappa shape index (κ1) is 15.5. The molecule has 0 radical (unpaired) electrons. The van der Waals surface area contributed by atoms with Gasteiger partial charge < -0.3 is 4.57 Å². The number of nitrogens with zero attached hydrogens (tertiary/aromatic N) is 3. The summed E-state index contributed by atoms with van der Waals surface area (Å²) >= 11 is 6.50. The van der Waals surface area contributed by atoms with Crippen molar-refractivity contribution in [2.45, 2.75) is 0 Å². The minimum atomic E-state index is -0.214. The number of para-hydroxylation sites is 1. The van der Waals surface area contributed by atoms with E-state index in [1.807, 2.05) is 52.7 Å². The van der Waals surface area contributed by atoms with E-state index in [0.29, 0.717) is 10.8 Å². The third-order valence-corrected chi connectivity index (χ3v) is 6.05. The van der Waals surface area contributed by atoms with Crippen molar-refractivity contribution in [1.82, 2.24) is 14.8 Å². The number of carbonyl (C=O) groups excluding carboxylic acids is 1. The smallest absolute Gasteiger partial charge is 0.275 e. The number of hydrogen-bond acceptors (Lipinski definition) is 5. The van der Waals surface area contributed by atoms with Crippen LogP contribution in [0, 0.1) is 0 Å². The van der Waals surface area contributed by atoms with Gasteiger partial charge in [0.2, 0.25) is 5.13 Å². The van der Waals surface area contributed by atoms with Crippen LogP contribution < -0.4 is 5.32 Å². The van der Waals surface area contributed by atoms with E-state index in [9.17, 15) is 4.79 Å². The molecule has 4 rings (SSSR count). The molecule has 5 nitrogen and oxygen atoms in total. The molecule has 4 aromatic rings. The number of hydrogen-bond donors (Lipinski definition) is 1. The van der Waals surface area contributed by atoms with E-state index in [-0.39, 0.29) is 5.91 Å². The summed E-state index contributed by atoms with van der Waals surface area (Å²) in [6.07, 6.45) is 0. The first-order valence-corrected chi connectivity index (χ1v) is 9.60. The number of thiophene rings is 1. The molecule has 0 saturated carbocycles. The maximum absolute atomic E-state index is 12.7. The van der Waals surface area contributed by atoms with Crippen LogP contribution in [0.25, 0.3) is 21.5 Å². The van der Waals surface area contributed by atoms with Crippen molar-refractivity contribution in [1.29, 1.82) is 0 Å². The van der Waals surface area contributed by atoms with Crippen molar-refractivity contribution >= 4 is 60.5 Å². The molecule has 3 heterocycles. The molecule has 8 heteroatoms. The summed E-state index contributed by atoms with van der Waals surface area (Å²) in [6, 6.07) is 9.85. The molecule has 0 bridgehead atoms. The molecule has 0 aliphatic rings. The molecule has 0 saturated heterocycles. The Morgan fingerprint density at radius 3 is 2.83 bits per heavy atom. The van der Waals surface area contributed by atoms with Crippen LogP contribution in [0.4, 0.5) is 5.13 Å². The highest BCUT2D eigenvalue weighted by atomic mass is 79.9. The van der Waals surface area contributed by atoms with Gasteiger partial charge in [0.05, 0.1) is 4.47 Å². The maximum Gasteiger partial charge on any atom is 0.275 e. The van der Waals surface area contributed by atoms with Crippen molar-refractivity contribution in [2.24, 2.45) is 7.05 Å². The predicted molar refractivity (Wildman–Crippen MR) is 102 cm³/mol. The van der Waals surface area contributed by atoms with Crippen LogP contribution in [0.5, 0.6) is 0 Å². The molecule has 0 aliphatic carbocycles. The Labute approximate surface area is 154 Å². The highest BCUT2D eigenvalue weighted by Gasteiger charge is 2.20. The predicted octanol–water partition coefficient (Wildman–Crippen LogP) is 4.77. The number of halogens is 1. The molecule has 1 N–H and O–H groups in total. The number of rotatable bonds is 3. The Balaban J connectivity index is 1.66. The van der Waals surface area contributed by atoms with Crippen LogP contribution >= 0.6 is 38.6 Å². The average molecular weight is 419 g/mol. The van der Waals surface area contributed by atoms with E-state index in [0.717, 1.165) is 25.9 Å². The molecule has 0 unspecified atom stereocenters. The van der Waals surface area contributed by atoms with Gasteiger partial charge in [-0.05, 0) is 33.4 Å². The molecule has 120 valence electrons. The van der Waals surface area contributed by atoms with E-state index >= 15 is 0 Å². The molecule has 0 atom stereocenters. The molecule has 0 fully saturated rings. The molecule has 0 aliphatic heterocycles. The monoisotopic (exact) mass is 418 g/mol. The number of anilines is 1. The third kappa shape index (κ3) is 2.56. The summed E-state index contributed by atoms with van der Waals surface area (Å²) in [6.45, 7) is 0.